The molecule has 0 saturated carbocycles. The summed E-state index contributed by atoms with van der Waals surface area (Å²) in [7, 11) is 0. The van der Waals surface area contributed by atoms with E-state index in [1.165, 1.54) is 12.8 Å². The lowest BCUT2D eigenvalue weighted by Gasteiger charge is -2.38. The zero-order valence-corrected chi connectivity index (χ0v) is 13.3. The molecule has 2 unspecified atom stereocenters. The normalized spacial score (nSPS) is 21.8. The Bertz CT molecular complexity index is 648. The monoisotopic (exact) mass is 315 g/mol. The number of anilines is 1. The summed E-state index contributed by atoms with van der Waals surface area (Å²) in [5.74, 6) is 0.423. The van der Waals surface area contributed by atoms with E-state index in [4.69, 9.17) is 4.42 Å². The molecule has 1 aromatic carbocycles. The van der Waals surface area contributed by atoms with Gasteiger partial charge in [0.05, 0.1) is 0 Å². The van der Waals surface area contributed by atoms with E-state index < -0.39 is 0 Å². The summed E-state index contributed by atoms with van der Waals surface area (Å²) in [6.45, 7) is 4.26. The van der Waals surface area contributed by atoms with Crippen LogP contribution in [0.3, 0.4) is 0 Å². The second-order valence-electron chi connectivity index (χ2n) is 5.93. The number of rotatable bonds is 3. The fourth-order valence-electron chi connectivity index (χ4n) is 2.95. The number of amides is 2. The first-order chi connectivity index (χ1) is 11.1. The maximum Gasteiger partial charge on any atom is 0.333 e. The third-order valence-electron chi connectivity index (χ3n) is 4.15. The molecule has 2 aromatic rings. The van der Waals surface area contributed by atoms with Gasteiger partial charge in [-0.25, -0.2) is 9.80 Å². The van der Waals surface area contributed by atoms with E-state index >= 15 is 0 Å². The van der Waals surface area contributed by atoms with Crippen LogP contribution in [0.1, 0.15) is 33.1 Å². The van der Waals surface area contributed by atoms with Gasteiger partial charge in [-0.2, -0.15) is 0 Å². The number of urea groups is 1. The zero-order chi connectivity index (χ0) is 16.2. The van der Waals surface area contributed by atoms with Gasteiger partial charge in [0.15, 0.2) is 0 Å². The van der Waals surface area contributed by atoms with Crippen LogP contribution >= 0.6 is 0 Å². The van der Waals surface area contributed by atoms with Gasteiger partial charge >= 0.3 is 6.03 Å². The molecule has 7 heteroatoms. The molecule has 2 atom stereocenters. The SMILES string of the molecule is CC1CCCC(C)N1NC(=O)Nc1cccc(-c2nnco2)c1. The number of hydrogen-bond donors (Lipinski definition) is 2. The minimum Gasteiger partial charge on any atom is -0.423 e. The molecule has 0 spiro atoms. The molecule has 0 aliphatic carbocycles. The number of hydrazine groups is 1. The quantitative estimate of drug-likeness (QED) is 0.909. The van der Waals surface area contributed by atoms with Crippen LogP contribution < -0.4 is 10.7 Å². The molecule has 2 heterocycles. The second kappa shape index (κ2) is 6.78. The third-order valence-corrected chi connectivity index (χ3v) is 4.15. The van der Waals surface area contributed by atoms with Crippen molar-refractivity contribution in [2.75, 3.05) is 5.32 Å². The molecule has 1 saturated heterocycles. The standard InChI is InChI=1S/C16H21N5O2/c1-11-5-3-6-12(2)21(11)20-16(22)18-14-8-4-7-13(9-14)15-19-17-10-23-15/h4,7-12H,3,5-6H2,1-2H3,(H2,18,20,22). The summed E-state index contributed by atoms with van der Waals surface area (Å²) in [5.41, 5.74) is 4.39. The molecule has 122 valence electrons. The van der Waals surface area contributed by atoms with Crippen LogP contribution in [0, 0.1) is 0 Å². The van der Waals surface area contributed by atoms with Gasteiger partial charge in [0.1, 0.15) is 0 Å². The first kappa shape index (κ1) is 15.5. The number of carbonyl (C=O) groups is 1. The molecule has 1 aromatic heterocycles. The van der Waals surface area contributed by atoms with Gasteiger partial charge < -0.3 is 9.73 Å². The average Bonchev–Trinajstić information content (AvgIpc) is 3.06. The summed E-state index contributed by atoms with van der Waals surface area (Å²) < 4.78 is 5.17. The molecular formula is C16H21N5O2. The van der Waals surface area contributed by atoms with Crippen molar-refractivity contribution in [1.29, 1.82) is 0 Å². The number of carbonyl (C=O) groups excluding carboxylic acids is 1. The van der Waals surface area contributed by atoms with E-state index in [2.05, 4.69) is 34.8 Å². The first-order valence-electron chi connectivity index (χ1n) is 7.86. The highest BCUT2D eigenvalue weighted by Crippen LogP contribution is 2.22. The van der Waals surface area contributed by atoms with Crippen LogP contribution in [0.4, 0.5) is 10.5 Å². The maximum absolute atomic E-state index is 12.3. The van der Waals surface area contributed by atoms with Gasteiger partial charge in [0.25, 0.3) is 0 Å². The number of aromatic nitrogens is 2. The van der Waals surface area contributed by atoms with Crippen molar-refractivity contribution in [2.45, 2.75) is 45.2 Å². The van der Waals surface area contributed by atoms with Crippen molar-refractivity contribution in [3.63, 3.8) is 0 Å². The first-order valence-corrected chi connectivity index (χ1v) is 7.86. The highest BCUT2D eigenvalue weighted by molar-refractivity contribution is 5.89. The Morgan fingerprint density at radius 2 is 2.09 bits per heavy atom. The van der Waals surface area contributed by atoms with Crippen molar-refractivity contribution in [3.8, 4) is 11.5 Å². The Morgan fingerprint density at radius 1 is 1.30 bits per heavy atom. The average molecular weight is 315 g/mol. The van der Waals surface area contributed by atoms with E-state index in [1.54, 1.807) is 6.07 Å². The largest absolute Gasteiger partial charge is 0.423 e. The predicted octanol–water partition coefficient (Wildman–Crippen LogP) is 3.04. The lowest BCUT2D eigenvalue weighted by Crippen LogP contribution is -2.55. The smallest absolute Gasteiger partial charge is 0.333 e. The fraction of sp³-hybridized carbons (Fsp3) is 0.438. The van der Waals surface area contributed by atoms with E-state index in [9.17, 15) is 4.79 Å². The third kappa shape index (κ3) is 3.68. The van der Waals surface area contributed by atoms with Crippen LogP contribution in [0.25, 0.3) is 11.5 Å². The van der Waals surface area contributed by atoms with Crippen molar-refractivity contribution in [2.24, 2.45) is 0 Å². The number of benzene rings is 1. The number of nitrogens with one attached hydrogen (secondary N) is 2. The Balaban J connectivity index is 1.65. The van der Waals surface area contributed by atoms with Gasteiger partial charge in [-0.15, -0.1) is 10.2 Å². The van der Waals surface area contributed by atoms with Gasteiger partial charge in [-0.1, -0.05) is 12.5 Å². The van der Waals surface area contributed by atoms with Crippen LogP contribution in [-0.4, -0.2) is 33.3 Å². The second-order valence-corrected chi connectivity index (χ2v) is 5.93. The minimum absolute atomic E-state index is 0.242. The number of piperidine rings is 1. The molecule has 1 fully saturated rings. The van der Waals surface area contributed by atoms with Crippen molar-refractivity contribution >= 4 is 11.7 Å². The van der Waals surface area contributed by atoms with E-state index in [1.807, 2.05) is 23.2 Å². The van der Waals surface area contributed by atoms with Crippen molar-refractivity contribution in [1.82, 2.24) is 20.6 Å². The highest BCUT2D eigenvalue weighted by Gasteiger charge is 2.26. The molecule has 7 nitrogen and oxygen atoms in total. The van der Waals surface area contributed by atoms with Crippen molar-refractivity contribution in [3.05, 3.63) is 30.7 Å². The van der Waals surface area contributed by atoms with Crippen LogP contribution in [-0.2, 0) is 0 Å². The molecule has 2 amide bonds. The molecule has 1 aliphatic rings. The summed E-state index contributed by atoms with van der Waals surface area (Å²) in [4.78, 5) is 12.3. The minimum atomic E-state index is -0.242. The summed E-state index contributed by atoms with van der Waals surface area (Å²) >= 11 is 0. The summed E-state index contributed by atoms with van der Waals surface area (Å²) in [6, 6.07) is 7.75. The molecule has 23 heavy (non-hydrogen) atoms. The predicted molar refractivity (Wildman–Crippen MR) is 86.5 cm³/mol. The van der Waals surface area contributed by atoms with Gasteiger partial charge in [-0.3, -0.25) is 5.43 Å². The van der Waals surface area contributed by atoms with Gasteiger partial charge in [0.2, 0.25) is 12.3 Å². The van der Waals surface area contributed by atoms with E-state index in [0.717, 1.165) is 18.4 Å². The topological polar surface area (TPSA) is 83.3 Å². The van der Waals surface area contributed by atoms with E-state index in [0.29, 0.717) is 23.7 Å². The molecule has 2 N–H and O–H groups in total. The lowest BCUT2D eigenvalue weighted by atomic mass is 10.00. The molecule has 1 aliphatic heterocycles. The summed E-state index contributed by atoms with van der Waals surface area (Å²) in [6.07, 6.45) is 4.67. The maximum atomic E-state index is 12.3. The van der Waals surface area contributed by atoms with Crippen LogP contribution in [0.2, 0.25) is 0 Å². The highest BCUT2D eigenvalue weighted by atomic mass is 16.4. The molecule has 3 rings (SSSR count). The van der Waals surface area contributed by atoms with Crippen LogP contribution in [0.15, 0.2) is 35.1 Å². The molecule has 0 bridgehead atoms. The Morgan fingerprint density at radius 3 is 2.78 bits per heavy atom. The Labute approximate surface area is 135 Å². The fourth-order valence-corrected chi connectivity index (χ4v) is 2.95. The van der Waals surface area contributed by atoms with Gasteiger partial charge in [-0.05, 0) is 44.9 Å². The van der Waals surface area contributed by atoms with E-state index in [-0.39, 0.29) is 6.03 Å². The Kier molecular flexibility index (Phi) is 4.57. The van der Waals surface area contributed by atoms with Crippen LogP contribution in [0.5, 0.6) is 0 Å². The molecule has 0 radical (unpaired) electrons. The van der Waals surface area contributed by atoms with Crippen molar-refractivity contribution < 1.29 is 9.21 Å². The number of hydrogen-bond acceptors (Lipinski definition) is 5. The van der Waals surface area contributed by atoms with Gasteiger partial charge in [0, 0.05) is 23.3 Å². The lowest BCUT2D eigenvalue weighted by molar-refractivity contribution is 0.0625. The Hall–Kier alpha value is -2.41. The zero-order valence-electron chi connectivity index (χ0n) is 13.3. The number of nitrogens with zero attached hydrogens (tertiary/aromatic N) is 3. The summed E-state index contributed by atoms with van der Waals surface area (Å²) in [5, 5.41) is 12.4. The molecular weight excluding hydrogens is 294 g/mol.